The molecule has 0 atom stereocenters. The van der Waals surface area contributed by atoms with Gasteiger partial charge in [0.05, 0.1) is 0 Å². The molecule has 0 N–H and O–H groups in total. The molecular formula is C117H183O3P. The van der Waals surface area contributed by atoms with Gasteiger partial charge in [0.15, 0.2) is 0 Å². The van der Waals surface area contributed by atoms with E-state index in [0.717, 1.165) is 130 Å². The first-order chi connectivity index (χ1) is 55.3. The molecule has 0 aliphatic carbocycles. The third-order valence-electron chi connectivity index (χ3n) is 26.1. The van der Waals surface area contributed by atoms with Crippen molar-refractivity contribution in [2.24, 2.45) is 0 Å². The molecule has 4 heteroatoms. The normalized spacial score (nSPS) is 14.5. The second-order valence-corrected chi connectivity index (χ2v) is 50.0. The van der Waals surface area contributed by atoms with Crippen molar-refractivity contribution in [3.63, 3.8) is 0 Å². The molecule has 0 heterocycles. The van der Waals surface area contributed by atoms with Crippen LogP contribution < -0.4 is 0 Å². The summed E-state index contributed by atoms with van der Waals surface area (Å²) in [5, 5.41) is 0. The van der Waals surface area contributed by atoms with E-state index in [9.17, 15) is 13.6 Å². The maximum absolute atomic E-state index is 9.98. The summed E-state index contributed by atoms with van der Waals surface area (Å²) < 4.78 is 29.9. The highest BCUT2D eigenvalue weighted by Gasteiger charge is 2.57. The highest BCUT2D eigenvalue weighted by atomic mass is 31.2. The van der Waals surface area contributed by atoms with Crippen LogP contribution in [0.4, 0.5) is 0 Å². The monoisotopic (exact) mass is 1670 g/mol. The van der Waals surface area contributed by atoms with E-state index in [1.807, 2.05) is 0 Å². The summed E-state index contributed by atoms with van der Waals surface area (Å²) >= 11 is 0. The number of benzene rings is 6. The van der Waals surface area contributed by atoms with Crippen molar-refractivity contribution >= 4 is 8.60 Å². The van der Waals surface area contributed by atoms with E-state index in [4.69, 9.17) is 0 Å². The standard InChI is InChI=1S/C117H183O3P/c1-43-49-52-55-58-61-82(46-4)115(91-70-64-85(103(7,8)9)76-97(91)109(25,26)27,92-71-65-86(104(10,11)12)77-98(92)110(28,29)30)118-121(119-116(83(47-5)62-59-56-53-50-44-2,93-72-66-87(105(13,14)15)78-99(93)111(31,32)33)94-73-67-88(106(16,17)18)79-100(94)112(34,35)36)120-117(84(48-6)63-60-57-54-51-45-3,95-74-68-89(107(19,20)21)80-101(95)113(37,38)39)96-75-69-90(108(22,23)24)81-102(96)114(40,41)42/h46-48,64-81H,43-45,49-63H2,1-42H3/b82-46-,83-47+,84-48+. The SMILES string of the molecule is C/C=C(/CCCCCCC)C(OP(OC(/C(=C/C)CCCCCCC)(c1ccc(C(C)(C)C)cc1C(C)(C)C)c1ccc(C(C)(C)C)cc1C(C)(C)C)OC(/C(=C/C)CCCCCCC)(c1ccc(C(C)(C)C)cc1C(C)(C)C)c1ccc(C(C)(C)C)cc1C(C)(C)C)(c1ccc(C(C)(C)C)cc1C(C)(C)C)c1ccc(C(C)(C)C)cc1C(C)(C)C. The Morgan fingerprint density at radius 1 is 0.207 bits per heavy atom. The van der Waals surface area contributed by atoms with Gasteiger partial charge in [-0.2, -0.15) is 0 Å². The number of hydrogen-bond acceptors (Lipinski definition) is 3. The first-order valence-corrected chi connectivity index (χ1v) is 49.2. The van der Waals surface area contributed by atoms with Gasteiger partial charge >= 0.3 is 8.60 Å². The van der Waals surface area contributed by atoms with Gasteiger partial charge in [0, 0.05) is 0 Å². The molecule has 6 aromatic rings. The van der Waals surface area contributed by atoms with Crippen LogP contribution in [0, 0.1) is 0 Å². The molecule has 0 saturated carbocycles. The Hall–Kier alpha value is -5.15. The van der Waals surface area contributed by atoms with Crippen molar-refractivity contribution < 1.29 is 13.6 Å². The molecule has 0 spiro atoms. The van der Waals surface area contributed by atoms with Gasteiger partial charge in [-0.3, -0.25) is 13.6 Å². The molecule has 0 unspecified atom stereocenters. The Balaban J connectivity index is 2.35. The first-order valence-electron chi connectivity index (χ1n) is 48.1. The van der Waals surface area contributed by atoms with Gasteiger partial charge in [-0.25, -0.2) is 0 Å². The minimum Gasteiger partial charge on any atom is -0.291 e. The summed E-state index contributed by atoms with van der Waals surface area (Å²) in [5.41, 5.74) is 17.9. The Labute approximate surface area is 749 Å². The van der Waals surface area contributed by atoms with E-state index in [-0.39, 0.29) is 32.5 Å². The van der Waals surface area contributed by atoms with Crippen LogP contribution in [0.5, 0.6) is 0 Å². The second kappa shape index (κ2) is 40.0. The topological polar surface area (TPSA) is 27.7 Å². The minimum absolute atomic E-state index is 0.187. The Morgan fingerprint density at radius 2 is 0.355 bits per heavy atom. The van der Waals surface area contributed by atoms with Crippen molar-refractivity contribution in [2.75, 3.05) is 0 Å². The van der Waals surface area contributed by atoms with Gasteiger partial charge in [-0.15, -0.1) is 0 Å². The van der Waals surface area contributed by atoms with Crippen LogP contribution in [0.25, 0.3) is 0 Å². The van der Waals surface area contributed by atoms with Crippen LogP contribution in [0.15, 0.2) is 144 Å². The van der Waals surface area contributed by atoms with E-state index in [2.05, 4.69) is 418 Å². The Bertz CT molecular complexity index is 3780. The summed E-state index contributed by atoms with van der Waals surface area (Å²) in [7, 11) is -2.85. The number of hydrogen-bond donors (Lipinski definition) is 0. The molecule has 0 aromatic heterocycles. The van der Waals surface area contributed by atoms with Gasteiger partial charge < -0.3 is 0 Å². The predicted octanol–water partition coefficient (Wildman–Crippen LogP) is 36.6. The van der Waals surface area contributed by atoms with E-state index >= 15 is 0 Å². The molecule has 0 amide bonds. The van der Waals surface area contributed by atoms with Crippen LogP contribution in [-0.2, 0) is 95.4 Å². The molecule has 121 heavy (non-hydrogen) atoms. The molecule has 0 bridgehead atoms. The van der Waals surface area contributed by atoms with E-state index < -0.39 is 57.9 Å². The fraction of sp³-hybridized carbons (Fsp3) is 0.641. The zero-order valence-electron chi connectivity index (χ0n) is 86.5. The van der Waals surface area contributed by atoms with Crippen molar-refractivity contribution in [1.29, 1.82) is 0 Å². The lowest BCUT2D eigenvalue weighted by Crippen LogP contribution is -2.43. The fourth-order valence-electron chi connectivity index (χ4n) is 18.3. The molecule has 6 aromatic carbocycles. The molecule has 3 nitrogen and oxygen atoms in total. The summed E-state index contributed by atoms with van der Waals surface area (Å²) in [4.78, 5) is 0. The summed E-state index contributed by atoms with van der Waals surface area (Å²) in [6.07, 6.45) is 26.5. The van der Waals surface area contributed by atoms with Crippen LogP contribution in [0.1, 0.15) is 507 Å². The molecule has 0 saturated heterocycles. The first kappa shape index (κ1) is 105. The zero-order chi connectivity index (χ0) is 91.9. The van der Waals surface area contributed by atoms with Crippen molar-refractivity contribution in [1.82, 2.24) is 0 Å². The van der Waals surface area contributed by atoms with Crippen molar-refractivity contribution in [2.45, 2.75) is 488 Å². The summed E-state index contributed by atoms with van der Waals surface area (Å²) in [6, 6.07) is 45.6. The maximum atomic E-state index is 9.98. The molecule has 6 rings (SSSR count). The van der Waals surface area contributed by atoms with E-state index in [1.54, 1.807) is 0 Å². The lowest BCUT2D eigenvalue weighted by molar-refractivity contribution is 0.00931. The van der Waals surface area contributed by atoms with E-state index in [0.29, 0.717) is 0 Å². The van der Waals surface area contributed by atoms with Crippen LogP contribution in [0.2, 0.25) is 0 Å². The summed E-state index contributed by atoms with van der Waals surface area (Å²) in [6.45, 7) is 101. The third kappa shape index (κ3) is 25.2. The smallest absolute Gasteiger partial charge is 0.291 e. The predicted molar refractivity (Wildman–Crippen MR) is 537 cm³/mol. The lowest BCUT2D eigenvalue weighted by atomic mass is 9.66. The van der Waals surface area contributed by atoms with Crippen LogP contribution in [-0.4, -0.2) is 0 Å². The van der Waals surface area contributed by atoms with Crippen LogP contribution in [0.3, 0.4) is 0 Å². The van der Waals surface area contributed by atoms with E-state index in [1.165, 1.54) is 103 Å². The maximum Gasteiger partial charge on any atom is 0.337 e. The average molecular weight is 1670 g/mol. The van der Waals surface area contributed by atoms with Gasteiger partial charge in [0.1, 0.15) is 16.8 Å². The average Bonchev–Trinajstić information content (AvgIpc) is 0.704. The minimum atomic E-state index is -2.85. The molecule has 674 valence electrons. The number of allylic oxidation sites excluding steroid dienone is 3. The molecule has 0 fully saturated rings. The summed E-state index contributed by atoms with van der Waals surface area (Å²) in [5.74, 6) is 0. The zero-order valence-corrected chi connectivity index (χ0v) is 87.4. The van der Waals surface area contributed by atoms with Crippen LogP contribution >= 0.6 is 8.60 Å². The highest BCUT2D eigenvalue weighted by Crippen LogP contribution is 2.68. The largest absolute Gasteiger partial charge is 0.337 e. The van der Waals surface area contributed by atoms with Crippen molar-refractivity contribution in [3.8, 4) is 0 Å². The van der Waals surface area contributed by atoms with Crippen molar-refractivity contribution in [3.05, 3.63) is 244 Å². The number of unbranched alkanes of at least 4 members (excludes halogenated alkanes) is 12. The molecule has 0 radical (unpaired) electrons. The molecular weight excluding hydrogens is 1480 g/mol. The van der Waals surface area contributed by atoms with Gasteiger partial charge in [-0.05, 0) is 241 Å². The Morgan fingerprint density at radius 3 is 0.479 bits per heavy atom. The Kier molecular flexibility index (Phi) is 34.6. The van der Waals surface area contributed by atoms with Gasteiger partial charge in [0.2, 0.25) is 0 Å². The third-order valence-corrected chi connectivity index (χ3v) is 27.4. The lowest BCUT2D eigenvalue weighted by Gasteiger charge is -2.50. The second-order valence-electron chi connectivity index (χ2n) is 49.0. The fourth-order valence-corrected chi connectivity index (χ4v) is 20.0. The highest BCUT2D eigenvalue weighted by molar-refractivity contribution is 7.41. The van der Waals surface area contributed by atoms with Gasteiger partial charge in [0.25, 0.3) is 0 Å². The molecule has 0 aliphatic rings. The molecule has 0 aliphatic heterocycles. The van der Waals surface area contributed by atoms with Gasteiger partial charge in [-0.1, -0.05) is 474 Å². The number of rotatable bonds is 33. The quantitative estimate of drug-likeness (QED) is 0.0233.